The van der Waals surface area contributed by atoms with E-state index < -0.39 is 0 Å². The summed E-state index contributed by atoms with van der Waals surface area (Å²) in [5.74, 6) is 0.964. The molecule has 0 aliphatic carbocycles. The topological polar surface area (TPSA) is 25.2 Å². The molecule has 3 aromatic rings. The van der Waals surface area contributed by atoms with E-state index in [4.69, 9.17) is 4.42 Å². The highest BCUT2D eigenvalue weighted by Crippen LogP contribution is 2.35. The number of nitrogens with one attached hydrogen (secondary N) is 1. The number of hydrogen-bond acceptors (Lipinski definition) is 3. The quantitative estimate of drug-likeness (QED) is 0.729. The Labute approximate surface area is 124 Å². The van der Waals surface area contributed by atoms with E-state index in [2.05, 4.69) is 51.7 Å². The van der Waals surface area contributed by atoms with Crippen LogP contribution < -0.4 is 5.32 Å². The standard InChI is InChI=1S/C15H14BrNOS/c1-2-17-14(15-11(16)7-8-19-15)13-9-10-5-3-4-6-12(10)18-13/h3-9,14,17H,2H2,1H3. The van der Waals surface area contributed by atoms with E-state index in [1.54, 1.807) is 11.3 Å². The van der Waals surface area contributed by atoms with Gasteiger partial charge in [-0.2, -0.15) is 0 Å². The largest absolute Gasteiger partial charge is 0.459 e. The Kier molecular flexibility index (Phi) is 3.73. The van der Waals surface area contributed by atoms with Gasteiger partial charge in [0.2, 0.25) is 0 Å². The number of para-hydroxylation sites is 1. The van der Waals surface area contributed by atoms with Crippen LogP contribution >= 0.6 is 27.3 Å². The van der Waals surface area contributed by atoms with E-state index in [0.717, 1.165) is 27.7 Å². The molecule has 2 nitrogen and oxygen atoms in total. The van der Waals surface area contributed by atoms with Gasteiger partial charge in [-0.05, 0) is 46.1 Å². The Balaban J connectivity index is 2.07. The SMILES string of the molecule is CCNC(c1cc2ccccc2o1)c1sccc1Br. The van der Waals surface area contributed by atoms with Crippen LogP contribution in [0.3, 0.4) is 0 Å². The summed E-state index contributed by atoms with van der Waals surface area (Å²) < 4.78 is 7.11. The normalized spacial score (nSPS) is 12.9. The van der Waals surface area contributed by atoms with Gasteiger partial charge in [0.05, 0.1) is 0 Å². The van der Waals surface area contributed by atoms with Gasteiger partial charge in [0.25, 0.3) is 0 Å². The monoisotopic (exact) mass is 335 g/mol. The minimum Gasteiger partial charge on any atom is -0.459 e. The van der Waals surface area contributed by atoms with Crippen molar-refractivity contribution in [3.8, 4) is 0 Å². The molecule has 19 heavy (non-hydrogen) atoms. The lowest BCUT2D eigenvalue weighted by atomic mass is 10.1. The summed E-state index contributed by atoms with van der Waals surface area (Å²) in [7, 11) is 0. The molecule has 1 aromatic carbocycles. The molecular weight excluding hydrogens is 322 g/mol. The lowest BCUT2D eigenvalue weighted by molar-refractivity contribution is 0.480. The summed E-state index contributed by atoms with van der Waals surface area (Å²) in [6, 6.07) is 12.4. The third-order valence-electron chi connectivity index (χ3n) is 3.04. The number of fused-ring (bicyclic) bond motifs is 1. The second kappa shape index (κ2) is 5.49. The van der Waals surface area contributed by atoms with E-state index in [1.165, 1.54) is 4.88 Å². The number of hydrogen-bond donors (Lipinski definition) is 1. The van der Waals surface area contributed by atoms with Crippen LogP contribution in [0, 0.1) is 0 Å². The molecule has 0 saturated heterocycles. The van der Waals surface area contributed by atoms with E-state index in [9.17, 15) is 0 Å². The second-order valence-electron chi connectivity index (χ2n) is 4.31. The molecule has 2 heterocycles. The Bertz CT molecular complexity index is 655. The summed E-state index contributed by atoms with van der Waals surface area (Å²) >= 11 is 5.34. The molecule has 1 unspecified atom stereocenters. The molecular formula is C15H14BrNOS. The first kappa shape index (κ1) is 12.9. The van der Waals surface area contributed by atoms with Gasteiger partial charge in [0, 0.05) is 14.7 Å². The van der Waals surface area contributed by atoms with E-state index in [-0.39, 0.29) is 6.04 Å². The fourth-order valence-corrected chi connectivity index (χ4v) is 3.87. The number of rotatable bonds is 4. The second-order valence-corrected chi connectivity index (χ2v) is 6.11. The lowest BCUT2D eigenvalue weighted by Crippen LogP contribution is -2.20. The highest BCUT2D eigenvalue weighted by molar-refractivity contribution is 9.10. The first-order valence-electron chi connectivity index (χ1n) is 6.24. The van der Waals surface area contributed by atoms with E-state index >= 15 is 0 Å². The molecule has 0 spiro atoms. The Morgan fingerprint density at radius 2 is 2.16 bits per heavy atom. The number of thiophene rings is 1. The first-order chi connectivity index (χ1) is 9.29. The van der Waals surface area contributed by atoms with Gasteiger partial charge in [0.15, 0.2) is 0 Å². The highest BCUT2D eigenvalue weighted by Gasteiger charge is 2.20. The van der Waals surface area contributed by atoms with Crippen molar-refractivity contribution in [3.05, 3.63) is 56.9 Å². The van der Waals surface area contributed by atoms with Crippen LogP contribution in [0.25, 0.3) is 11.0 Å². The zero-order valence-electron chi connectivity index (χ0n) is 10.5. The van der Waals surface area contributed by atoms with Crippen molar-refractivity contribution < 1.29 is 4.42 Å². The molecule has 3 rings (SSSR count). The fraction of sp³-hybridized carbons (Fsp3) is 0.200. The molecule has 0 aliphatic rings. The van der Waals surface area contributed by atoms with Gasteiger partial charge in [-0.15, -0.1) is 11.3 Å². The minimum absolute atomic E-state index is 0.103. The minimum atomic E-state index is 0.103. The van der Waals surface area contributed by atoms with Crippen molar-refractivity contribution in [1.82, 2.24) is 5.32 Å². The van der Waals surface area contributed by atoms with Crippen molar-refractivity contribution in [3.63, 3.8) is 0 Å². The van der Waals surface area contributed by atoms with E-state index in [0.29, 0.717) is 0 Å². The summed E-state index contributed by atoms with van der Waals surface area (Å²) in [5, 5.41) is 6.73. The van der Waals surface area contributed by atoms with Crippen LogP contribution in [-0.2, 0) is 0 Å². The number of furan rings is 1. The lowest BCUT2D eigenvalue weighted by Gasteiger charge is -2.14. The van der Waals surface area contributed by atoms with Crippen molar-refractivity contribution in [1.29, 1.82) is 0 Å². The smallest absolute Gasteiger partial charge is 0.134 e. The first-order valence-corrected chi connectivity index (χ1v) is 7.91. The van der Waals surface area contributed by atoms with Crippen LogP contribution in [-0.4, -0.2) is 6.54 Å². The van der Waals surface area contributed by atoms with Gasteiger partial charge in [-0.1, -0.05) is 25.1 Å². The van der Waals surface area contributed by atoms with Crippen LogP contribution in [0.15, 0.2) is 50.7 Å². The predicted octanol–water partition coefficient (Wildman–Crippen LogP) is 4.96. The summed E-state index contributed by atoms with van der Waals surface area (Å²) in [6.07, 6.45) is 0. The molecule has 0 aliphatic heterocycles. The van der Waals surface area contributed by atoms with Crippen molar-refractivity contribution in [2.75, 3.05) is 6.54 Å². The van der Waals surface area contributed by atoms with Crippen molar-refractivity contribution in [2.24, 2.45) is 0 Å². The predicted molar refractivity (Wildman–Crippen MR) is 83.8 cm³/mol. The zero-order chi connectivity index (χ0) is 13.2. The van der Waals surface area contributed by atoms with Crippen LogP contribution in [0.5, 0.6) is 0 Å². The van der Waals surface area contributed by atoms with Crippen LogP contribution in [0.2, 0.25) is 0 Å². The molecule has 1 atom stereocenters. The van der Waals surface area contributed by atoms with Gasteiger partial charge < -0.3 is 9.73 Å². The summed E-state index contributed by atoms with van der Waals surface area (Å²) in [6.45, 7) is 3.00. The average Bonchev–Trinajstić information content (AvgIpc) is 3.02. The molecule has 0 fully saturated rings. The molecule has 0 saturated carbocycles. The Hall–Kier alpha value is -1.10. The molecule has 4 heteroatoms. The number of halogens is 1. The van der Waals surface area contributed by atoms with Crippen LogP contribution in [0.1, 0.15) is 23.6 Å². The van der Waals surface area contributed by atoms with Gasteiger partial charge >= 0.3 is 0 Å². The van der Waals surface area contributed by atoms with E-state index in [1.807, 2.05) is 18.2 Å². The molecule has 98 valence electrons. The van der Waals surface area contributed by atoms with Gasteiger partial charge in [-0.3, -0.25) is 0 Å². The van der Waals surface area contributed by atoms with Gasteiger partial charge in [-0.25, -0.2) is 0 Å². The summed E-state index contributed by atoms with van der Waals surface area (Å²) in [4.78, 5) is 1.25. The summed E-state index contributed by atoms with van der Waals surface area (Å²) in [5.41, 5.74) is 0.938. The number of benzene rings is 1. The zero-order valence-corrected chi connectivity index (χ0v) is 12.9. The maximum absolute atomic E-state index is 5.98. The fourth-order valence-electron chi connectivity index (χ4n) is 2.18. The average molecular weight is 336 g/mol. The van der Waals surface area contributed by atoms with Crippen molar-refractivity contribution >= 4 is 38.2 Å². The maximum Gasteiger partial charge on any atom is 0.134 e. The van der Waals surface area contributed by atoms with Crippen molar-refractivity contribution in [2.45, 2.75) is 13.0 Å². The molecule has 0 amide bonds. The van der Waals surface area contributed by atoms with Crippen LogP contribution in [0.4, 0.5) is 0 Å². The molecule has 1 N–H and O–H groups in total. The molecule has 2 aromatic heterocycles. The highest BCUT2D eigenvalue weighted by atomic mass is 79.9. The van der Waals surface area contributed by atoms with Gasteiger partial charge in [0.1, 0.15) is 17.4 Å². The molecule has 0 radical (unpaired) electrons. The maximum atomic E-state index is 5.98. The Morgan fingerprint density at radius 3 is 2.84 bits per heavy atom. The third kappa shape index (κ3) is 2.48. The molecule has 0 bridgehead atoms. The third-order valence-corrected chi connectivity index (χ3v) is 4.98. The Morgan fingerprint density at radius 1 is 1.32 bits per heavy atom.